The van der Waals surface area contributed by atoms with Crippen molar-refractivity contribution >= 4 is 11.7 Å². The number of piperidine rings is 1. The number of ether oxygens (including phenoxy) is 1. The lowest BCUT2D eigenvalue weighted by molar-refractivity contribution is 0.102. The number of carbonyl (C=O) groups is 1. The number of nitrogens with one attached hydrogen (secondary N) is 1. The first-order valence-corrected chi connectivity index (χ1v) is 10.6. The number of para-hydroxylation sites is 1. The number of likely N-dealkylation sites (tertiary alicyclic amines) is 1. The van der Waals surface area contributed by atoms with Crippen LogP contribution in [0.5, 0.6) is 5.75 Å². The lowest BCUT2D eigenvalue weighted by Gasteiger charge is -2.34. The summed E-state index contributed by atoms with van der Waals surface area (Å²) in [5.41, 5.74) is 2.33. The van der Waals surface area contributed by atoms with Gasteiger partial charge in [-0.15, -0.1) is 0 Å². The lowest BCUT2D eigenvalue weighted by atomic mass is 10.0. The average molecular weight is 418 g/mol. The van der Waals surface area contributed by atoms with E-state index in [1.54, 1.807) is 25.3 Å². The Balaban J connectivity index is 1.57. The van der Waals surface area contributed by atoms with Gasteiger partial charge in [0.05, 0.1) is 24.4 Å². The molecule has 0 spiro atoms. The topological polar surface area (TPSA) is 80.2 Å². The monoisotopic (exact) mass is 417 g/mol. The van der Waals surface area contributed by atoms with E-state index < -0.39 is 0 Å². The second kappa shape index (κ2) is 9.66. The van der Waals surface area contributed by atoms with Crippen molar-refractivity contribution < 1.29 is 9.53 Å². The molecule has 1 unspecified atom stereocenters. The fourth-order valence-corrected chi connectivity index (χ4v) is 3.99. The van der Waals surface area contributed by atoms with E-state index in [9.17, 15) is 4.79 Å². The van der Waals surface area contributed by atoms with Gasteiger partial charge in [0.25, 0.3) is 5.91 Å². The molecule has 1 amide bonds. The van der Waals surface area contributed by atoms with Crippen molar-refractivity contribution in [3.8, 4) is 5.75 Å². The number of hydrogen-bond donors (Lipinski definition) is 1. The summed E-state index contributed by atoms with van der Waals surface area (Å²) in [5, 5.41) is 2.92. The van der Waals surface area contributed by atoms with Gasteiger partial charge in [0.2, 0.25) is 0 Å². The lowest BCUT2D eigenvalue weighted by Crippen LogP contribution is -2.34. The molecular weight excluding hydrogens is 390 g/mol. The second-order valence-corrected chi connectivity index (χ2v) is 7.71. The molecular formula is C24H27N5O2. The number of pyridine rings is 1. The first-order chi connectivity index (χ1) is 15.1. The van der Waals surface area contributed by atoms with E-state index in [-0.39, 0.29) is 11.9 Å². The fraction of sp³-hybridized carbons (Fsp3) is 0.333. The Hall–Kier alpha value is -3.32. The largest absolute Gasteiger partial charge is 0.496 e. The molecule has 7 nitrogen and oxygen atoms in total. The highest BCUT2D eigenvalue weighted by Crippen LogP contribution is 2.31. The molecule has 1 aliphatic rings. The van der Waals surface area contributed by atoms with Gasteiger partial charge < -0.3 is 10.1 Å². The van der Waals surface area contributed by atoms with Crippen LogP contribution >= 0.6 is 0 Å². The zero-order valence-corrected chi connectivity index (χ0v) is 17.9. The van der Waals surface area contributed by atoms with Crippen LogP contribution in [-0.4, -0.2) is 39.4 Å². The molecule has 160 valence electrons. The van der Waals surface area contributed by atoms with E-state index in [0.717, 1.165) is 49.6 Å². The van der Waals surface area contributed by atoms with Crippen LogP contribution in [0.15, 0.2) is 54.7 Å². The molecule has 31 heavy (non-hydrogen) atoms. The smallest absolute Gasteiger partial charge is 0.260 e. The highest BCUT2D eigenvalue weighted by atomic mass is 16.5. The standard InChI is InChI=1S/C24H27N5O2/c1-17-15-22(28-24(30)19-10-3-4-12-21(19)31-2)27-23(26-17)20-11-6-8-14-29(20)16-18-9-5-7-13-25-18/h3-5,7,9-10,12-13,15,20H,6,8,11,14,16H2,1-2H3,(H,26,27,28,30). The van der Waals surface area contributed by atoms with Crippen molar-refractivity contribution in [1.29, 1.82) is 0 Å². The minimum atomic E-state index is -0.254. The van der Waals surface area contributed by atoms with Crippen LogP contribution in [0.25, 0.3) is 0 Å². The van der Waals surface area contributed by atoms with E-state index in [1.807, 2.05) is 43.5 Å². The maximum Gasteiger partial charge on any atom is 0.260 e. The van der Waals surface area contributed by atoms with Crippen molar-refractivity contribution in [2.45, 2.75) is 38.8 Å². The predicted molar refractivity (Wildman–Crippen MR) is 119 cm³/mol. The van der Waals surface area contributed by atoms with Crippen LogP contribution in [0.2, 0.25) is 0 Å². The zero-order chi connectivity index (χ0) is 21.6. The molecule has 2 aromatic heterocycles. The number of hydrogen-bond acceptors (Lipinski definition) is 6. The third-order valence-electron chi connectivity index (χ3n) is 5.47. The average Bonchev–Trinajstić information content (AvgIpc) is 2.79. The van der Waals surface area contributed by atoms with Crippen LogP contribution < -0.4 is 10.1 Å². The van der Waals surface area contributed by atoms with Crippen LogP contribution in [-0.2, 0) is 6.54 Å². The van der Waals surface area contributed by atoms with Gasteiger partial charge in [-0.1, -0.05) is 24.6 Å². The number of anilines is 1. The summed E-state index contributed by atoms with van der Waals surface area (Å²) in [5.74, 6) is 1.52. The number of aryl methyl sites for hydroxylation is 1. The Morgan fingerprint density at radius 2 is 2.00 bits per heavy atom. The van der Waals surface area contributed by atoms with Gasteiger partial charge in [0.1, 0.15) is 17.4 Å². The molecule has 1 atom stereocenters. The number of rotatable bonds is 6. The molecule has 0 bridgehead atoms. The van der Waals surface area contributed by atoms with E-state index in [2.05, 4.69) is 15.2 Å². The Morgan fingerprint density at radius 1 is 1.16 bits per heavy atom. The highest BCUT2D eigenvalue weighted by molar-refractivity contribution is 6.05. The van der Waals surface area contributed by atoms with Gasteiger partial charge in [-0.25, -0.2) is 9.97 Å². The van der Waals surface area contributed by atoms with Gasteiger partial charge in [0, 0.05) is 24.5 Å². The first-order valence-electron chi connectivity index (χ1n) is 10.6. The maximum absolute atomic E-state index is 12.8. The van der Waals surface area contributed by atoms with Gasteiger partial charge >= 0.3 is 0 Å². The van der Waals surface area contributed by atoms with E-state index in [0.29, 0.717) is 17.1 Å². The van der Waals surface area contributed by atoms with Crippen LogP contribution in [0.3, 0.4) is 0 Å². The summed E-state index contributed by atoms with van der Waals surface area (Å²) in [6.45, 7) is 3.66. The molecule has 4 rings (SSSR count). The number of amides is 1. The molecule has 1 aliphatic heterocycles. The second-order valence-electron chi connectivity index (χ2n) is 7.71. The Morgan fingerprint density at radius 3 is 2.81 bits per heavy atom. The van der Waals surface area contributed by atoms with Gasteiger partial charge in [-0.2, -0.15) is 0 Å². The minimum absolute atomic E-state index is 0.0950. The molecule has 3 aromatic rings. The SMILES string of the molecule is COc1ccccc1C(=O)Nc1cc(C)nc(C2CCCCN2Cc2ccccn2)n1. The van der Waals surface area contributed by atoms with Crippen molar-refractivity contribution in [1.82, 2.24) is 19.9 Å². The van der Waals surface area contributed by atoms with Crippen molar-refractivity contribution in [2.24, 2.45) is 0 Å². The third-order valence-corrected chi connectivity index (χ3v) is 5.47. The Bertz CT molecular complexity index is 1040. The quantitative estimate of drug-likeness (QED) is 0.648. The molecule has 1 fully saturated rings. The summed E-state index contributed by atoms with van der Waals surface area (Å²) in [6, 6.07) is 15.0. The van der Waals surface area contributed by atoms with E-state index in [4.69, 9.17) is 14.7 Å². The van der Waals surface area contributed by atoms with Gasteiger partial charge in [0.15, 0.2) is 0 Å². The molecule has 1 aromatic carbocycles. The van der Waals surface area contributed by atoms with Crippen molar-refractivity contribution in [3.05, 3.63) is 77.5 Å². The summed E-state index contributed by atoms with van der Waals surface area (Å²) in [7, 11) is 1.55. The first kappa shape index (κ1) is 20.9. The number of benzene rings is 1. The van der Waals surface area contributed by atoms with Gasteiger partial charge in [-0.05, 0) is 50.6 Å². The molecule has 3 heterocycles. The minimum Gasteiger partial charge on any atom is -0.496 e. The summed E-state index contributed by atoms with van der Waals surface area (Å²) in [4.78, 5) is 29.1. The predicted octanol–water partition coefficient (Wildman–Crippen LogP) is 4.17. The Kier molecular flexibility index (Phi) is 6.52. The van der Waals surface area contributed by atoms with E-state index >= 15 is 0 Å². The highest BCUT2D eigenvalue weighted by Gasteiger charge is 2.27. The zero-order valence-electron chi connectivity index (χ0n) is 17.9. The number of carbonyl (C=O) groups excluding carboxylic acids is 1. The summed E-state index contributed by atoms with van der Waals surface area (Å²) < 4.78 is 5.31. The number of nitrogens with zero attached hydrogens (tertiary/aromatic N) is 4. The molecule has 0 saturated carbocycles. The molecule has 1 N–H and O–H groups in total. The third kappa shape index (κ3) is 5.06. The van der Waals surface area contributed by atoms with Crippen LogP contribution in [0.1, 0.15) is 52.9 Å². The molecule has 1 saturated heterocycles. The number of methoxy groups -OCH3 is 1. The molecule has 0 radical (unpaired) electrons. The summed E-state index contributed by atoms with van der Waals surface area (Å²) in [6.07, 6.45) is 5.08. The normalized spacial score (nSPS) is 16.6. The molecule has 0 aliphatic carbocycles. The van der Waals surface area contributed by atoms with E-state index in [1.165, 1.54) is 0 Å². The summed E-state index contributed by atoms with van der Waals surface area (Å²) >= 11 is 0. The maximum atomic E-state index is 12.8. The Labute approximate surface area is 182 Å². The van der Waals surface area contributed by atoms with Crippen molar-refractivity contribution in [3.63, 3.8) is 0 Å². The van der Waals surface area contributed by atoms with Crippen LogP contribution in [0.4, 0.5) is 5.82 Å². The fourth-order valence-electron chi connectivity index (χ4n) is 3.99. The van der Waals surface area contributed by atoms with Gasteiger partial charge in [-0.3, -0.25) is 14.7 Å². The van der Waals surface area contributed by atoms with Crippen molar-refractivity contribution in [2.75, 3.05) is 19.0 Å². The number of aromatic nitrogens is 3. The van der Waals surface area contributed by atoms with Crippen LogP contribution in [0, 0.1) is 6.92 Å². The molecule has 7 heteroatoms.